The van der Waals surface area contributed by atoms with Gasteiger partial charge in [0.05, 0.1) is 63.3 Å². The van der Waals surface area contributed by atoms with E-state index in [-0.39, 0.29) is 5.91 Å². The largest absolute Gasteiger partial charge is 0.494 e. The lowest BCUT2D eigenvalue weighted by Crippen LogP contribution is -2.47. The van der Waals surface area contributed by atoms with Gasteiger partial charge in [0, 0.05) is 62.9 Å². The highest BCUT2D eigenvalue weighted by Gasteiger charge is 2.21. The van der Waals surface area contributed by atoms with Gasteiger partial charge in [0.2, 0.25) is 11.7 Å². The van der Waals surface area contributed by atoms with Crippen molar-refractivity contribution in [3.05, 3.63) is 84.9 Å². The lowest BCUT2D eigenvalue weighted by Gasteiger charge is -2.34. The number of hydrogen-bond donors (Lipinski definition) is 0. The van der Waals surface area contributed by atoms with Crippen LogP contribution in [-0.2, 0) is 0 Å². The molecule has 0 bridgehead atoms. The number of rotatable bonds is 17. The summed E-state index contributed by atoms with van der Waals surface area (Å²) in [5, 5.41) is 5.66. The Balaban J connectivity index is 0.879. The Hall–Kier alpha value is -5.63. The Morgan fingerprint density at radius 3 is 1.98 bits per heavy atom. The fraction of sp³-hybridized carbons (Fsp3) is 0.341. The molecule has 6 aromatic rings. The van der Waals surface area contributed by atoms with E-state index in [4.69, 9.17) is 33.4 Å². The van der Waals surface area contributed by atoms with Crippen LogP contribution in [0.15, 0.2) is 84.9 Å². The number of benzene rings is 4. The topological polar surface area (TPSA) is 110 Å². The fourth-order valence-corrected chi connectivity index (χ4v) is 8.01. The van der Waals surface area contributed by atoms with Crippen LogP contribution in [0.1, 0.15) is 24.6 Å². The summed E-state index contributed by atoms with van der Waals surface area (Å²) < 4.78 is 37.2. The van der Waals surface area contributed by atoms with Crippen LogP contribution >= 0.6 is 11.3 Å². The number of para-hydroxylation sites is 1. The molecule has 0 unspecified atom stereocenters. The van der Waals surface area contributed by atoms with Crippen LogP contribution in [0.4, 0.5) is 0 Å². The number of methoxy groups -OCH3 is 4. The Bertz CT molecular complexity index is 2240. The quantitative estimate of drug-likeness (QED) is 0.0838. The molecule has 0 spiro atoms. The minimum atomic E-state index is -0.224. The third kappa shape index (κ3) is 9.33. The molecule has 0 radical (unpaired) electrons. The van der Waals surface area contributed by atoms with Gasteiger partial charge in [-0.2, -0.15) is 9.78 Å². The number of thiazole rings is 1. The predicted octanol–water partition coefficient (Wildman–Crippen LogP) is 8.04. The predicted molar refractivity (Wildman–Crippen MR) is 224 cm³/mol. The number of carbonyl (C=O) groups excluding carboxylic acids is 1. The van der Waals surface area contributed by atoms with Crippen molar-refractivity contribution < 1.29 is 33.2 Å². The maximum Gasteiger partial charge on any atom is 0.244 e. The van der Waals surface area contributed by atoms with Crippen LogP contribution in [0.5, 0.6) is 34.5 Å². The second-order valence-corrected chi connectivity index (χ2v) is 14.8. The van der Waals surface area contributed by atoms with Gasteiger partial charge in [-0.05, 0) is 73.5 Å². The lowest BCUT2D eigenvalue weighted by molar-refractivity contribution is 0.0923. The summed E-state index contributed by atoms with van der Waals surface area (Å²) in [7, 11) is 6.30. The molecule has 1 aliphatic rings. The lowest BCUT2D eigenvalue weighted by atomic mass is 10.1. The van der Waals surface area contributed by atoms with Crippen molar-refractivity contribution in [1.29, 1.82) is 0 Å². The number of fused-ring (bicyclic) bond motifs is 1. The van der Waals surface area contributed by atoms with E-state index in [2.05, 4.69) is 39.2 Å². The summed E-state index contributed by atoms with van der Waals surface area (Å²) in [6, 6.07) is 27.6. The monoisotopic (exact) mass is 791 g/mol. The SMILES string of the molecule is COc1ccc(-c2cc(-c3cc(OC)c(OC)c(OC)c3)nn2C(C)=O)cc1OCCCN1CCN(CCCOc2cccc(-c3nc4ccccc4s3)c2)CC1. The molecule has 2 aromatic heterocycles. The van der Waals surface area contributed by atoms with Gasteiger partial charge in [0.1, 0.15) is 10.8 Å². The van der Waals surface area contributed by atoms with Crippen LogP contribution in [0, 0.1) is 0 Å². The number of carbonyl (C=O) groups is 1. The van der Waals surface area contributed by atoms with Crippen molar-refractivity contribution in [2.24, 2.45) is 0 Å². The molecular formula is C44H49N5O7S. The molecule has 0 atom stereocenters. The highest BCUT2D eigenvalue weighted by atomic mass is 32.1. The zero-order chi connectivity index (χ0) is 39.7. The van der Waals surface area contributed by atoms with E-state index in [1.165, 1.54) is 16.3 Å². The maximum atomic E-state index is 12.8. The van der Waals surface area contributed by atoms with Crippen molar-refractivity contribution in [1.82, 2.24) is 24.6 Å². The molecule has 57 heavy (non-hydrogen) atoms. The second-order valence-electron chi connectivity index (χ2n) is 13.7. The smallest absolute Gasteiger partial charge is 0.244 e. The summed E-state index contributed by atoms with van der Waals surface area (Å²) in [6.07, 6.45) is 1.84. The van der Waals surface area contributed by atoms with Crippen molar-refractivity contribution in [3.63, 3.8) is 0 Å². The number of hydrogen-bond acceptors (Lipinski definition) is 12. The highest BCUT2D eigenvalue weighted by Crippen LogP contribution is 2.42. The van der Waals surface area contributed by atoms with E-state index in [0.717, 1.165) is 79.5 Å². The molecule has 7 rings (SSSR count). The maximum absolute atomic E-state index is 12.8. The first-order valence-electron chi connectivity index (χ1n) is 19.1. The number of ether oxygens (including phenoxy) is 6. The van der Waals surface area contributed by atoms with Gasteiger partial charge in [-0.25, -0.2) is 4.98 Å². The van der Waals surface area contributed by atoms with Gasteiger partial charge in [-0.1, -0.05) is 24.3 Å². The first-order valence-corrected chi connectivity index (χ1v) is 19.9. The summed E-state index contributed by atoms with van der Waals surface area (Å²) in [5.41, 5.74) is 4.80. The van der Waals surface area contributed by atoms with E-state index < -0.39 is 0 Å². The Morgan fingerprint density at radius 2 is 1.33 bits per heavy atom. The molecule has 3 heterocycles. The molecule has 0 aliphatic carbocycles. The number of piperazine rings is 1. The van der Waals surface area contributed by atoms with E-state index in [0.29, 0.717) is 58.9 Å². The molecule has 1 saturated heterocycles. The fourth-order valence-electron chi connectivity index (χ4n) is 7.05. The number of aromatic nitrogens is 3. The minimum absolute atomic E-state index is 0.224. The summed E-state index contributed by atoms with van der Waals surface area (Å²) in [5.74, 6) is 3.35. The molecule has 13 heteroatoms. The normalized spacial score (nSPS) is 13.4. The van der Waals surface area contributed by atoms with Crippen molar-refractivity contribution in [2.45, 2.75) is 19.8 Å². The summed E-state index contributed by atoms with van der Waals surface area (Å²) in [6.45, 7) is 8.75. The Morgan fingerprint density at radius 1 is 0.667 bits per heavy atom. The molecule has 12 nitrogen and oxygen atoms in total. The Labute approximate surface area is 337 Å². The molecule has 0 saturated carbocycles. The summed E-state index contributed by atoms with van der Waals surface area (Å²) >= 11 is 1.71. The van der Waals surface area contributed by atoms with Crippen LogP contribution in [-0.4, -0.2) is 111 Å². The van der Waals surface area contributed by atoms with Crippen LogP contribution < -0.4 is 28.4 Å². The van der Waals surface area contributed by atoms with Gasteiger partial charge in [-0.3, -0.25) is 4.79 Å². The first-order chi connectivity index (χ1) is 27.9. The van der Waals surface area contributed by atoms with Gasteiger partial charge in [0.15, 0.2) is 23.0 Å². The van der Waals surface area contributed by atoms with E-state index in [1.807, 2.05) is 60.7 Å². The first kappa shape index (κ1) is 39.6. The van der Waals surface area contributed by atoms with Crippen molar-refractivity contribution >= 4 is 27.5 Å². The molecule has 0 amide bonds. The van der Waals surface area contributed by atoms with E-state index in [9.17, 15) is 4.79 Å². The van der Waals surface area contributed by atoms with Crippen molar-refractivity contribution in [2.75, 3.05) is 80.9 Å². The van der Waals surface area contributed by atoms with E-state index >= 15 is 0 Å². The standard InChI is InChI=1S/C44H49N5O7S/c1-30(50)49-37(29-36(46-49)33-27-40(52-3)43(54-5)41(28-33)53-4)31-15-16-38(51-2)39(26-31)56-24-10-18-48-21-19-47(20-22-48)17-9-23-55-34-12-8-11-32(25-34)44-45-35-13-6-7-14-42(35)57-44/h6-8,11-16,25-29H,9-10,17-24H2,1-5H3. The summed E-state index contributed by atoms with van der Waals surface area (Å²) in [4.78, 5) is 22.6. The van der Waals surface area contributed by atoms with Crippen molar-refractivity contribution in [3.8, 4) is 67.6 Å². The van der Waals surface area contributed by atoms with Crippen LogP contribution in [0.25, 0.3) is 43.3 Å². The number of nitrogens with zero attached hydrogens (tertiary/aromatic N) is 5. The van der Waals surface area contributed by atoms with E-state index in [1.54, 1.807) is 39.8 Å². The molecule has 298 valence electrons. The van der Waals surface area contributed by atoms with Gasteiger partial charge >= 0.3 is 0 Å². The average molecular weight is 792 g/mol. The molecular weight excluding hydrogens is 743 g/mol. The minimum Gasteiger partial charge on any atom is -0.494 e. The van der Waals surface area contributed by atoms with Crippen LogP contribution in [0.3, 0.4) is 0 Å². The van der Waals surface area contributed by atoms with Gasteiger partial charge in [0.25, 0.3) is 0 Å². The average Bonchev–Trinajstić information content (AvgIpc) is 3.90. The van der Waals surface area contributed by atoms with Crippen LogP contribution in [0.2, 0.25) is 0 Å². The van der Waals surface area contributed by atoms with Gasteiger partial charge < -0.3 is 38.2 Å². The zero-order valence-electron chi connectivity index (χ0n) is 33.2. The molecule has 4 aromatic carbocycles. The molecule has 0 N–H and O–H groups in total. The Kier molecular flexibility index (Phi) is 12.9. The molecule has 1 fully saturated rings. The third-order valence-electron chi connectivity index (χ3n) is 10.0. The van der Waals surface area contributed by atoms with Gasteiger partial charge in [-0.15, -0.1) is 11.3 Å². The third-order valence-corrected chi connectivity index (χ3v) is 11.1. The zero-order valence-corrected chi connectivity index (χ0v) is 34.0. The second kappa shape index (κ2) is 18.5. The highest BCUT2D eigenvalue weighted by molar-refractivity contribution is 7.21. The molecule has 1 aliphatic heterocycles.